The van der Waals surface area contributed by atoms with Crippen molar-refractivity contribution < 1.29 is 24.5 Å². The molecule has 6 nitrogen and oxygen atoms in total. The number of hydrogen-bond acceptors (Lipinski definition) is 5. The van der Waals surface area contributed by atoms with Gasteiger partial charge in [-0.3, -0.25) is 4.79 Å². The lowest BCUT2D eigenvalue weighted by Gasteiger charge is -2.06. The van der Waals surface area contributed by atoms with Crippen molar-refractivity contribution in [2.75, 3.05) is 0 Å². The van der Waals surface area contributed by atoms with Gasteiger partial charge < -0.3 is 15.3 Å². The van der Waals surface area contributed by atoms with Gasteiger partial charge in [0.25, 0.3) is 5.91 Å². The molecular weight excluding hydrogens is 291 g/mol. The molecule has 0 aliphatic heterocycles. The van der Waals surface area contributed by atoms with E-state index in [2.05, 4.69) is 10.5 Å². The van der Waals surface area contributed by atoms with Gasteiger partial charge in [0.15, 0.2) is 17.2 Å². The second-order valence-corrected chi connectivity index (χ2v) is 4.51. The van der Waals surface area contributed by atoms with Crippen LogP contribution in [0.1, 0.15) is 22.8 Å². The summed E-state index contributed by atoms with van der Waals surface area (Å²) in [5, 5.41) is 31.8. The molecule has 0 heterocycles. The molecule has 114 valence electrons. The zero-order valence-corrected chi connectivity index (χ0v) is 11.5. The first kappa shape index (κ1) is 15.3. The summed E-state index contributed by atoms with van der Waals surface area (Å²) in [6.45, 7) is 1.62. The van der Waals surface area contributed by atoms with Crippen molar-refractivity contribution in [2.45, 2.75) is 6.92 Å². The van der Waals surface area contributed by atoms with Crippen molar-refractivity contribution in [3.05, 3.63) is 53.3 Å². The average Bonchev–Trinajstić information content (AvgIpc) is 2.50. The molecule has 0 saturated carbocycles. The molecular formula is C15H13FN2O4. The standard InChI is InChI=1S/C15H13FN2O4/c1-8(9-2-4-11(16)5-3-9)17-18-15(22)10-6-12(19)14(21)13(20)7-10/h2-7,19-21H,1H3,(H,18,22). The largest absolute Gasteiger partial charge is 0.504 e. The summed E-state index contributed by atoms with van der Waals surface area (Å²) in [5.74, 6) is -3.01. The van der Waals surface area contributed by atoms with Gasteiger partial charge in [-0.15, -0.1) is 0 Å². The number of aromatic hydroxyl groups is 3. The van der Waals surface area contributed by atoms with Gasteiger partial charge in [-0.05, 0) is 36.8 Å². The SMILES string of the molecule is CC(=NNC(=O)c1cc(O)c(O)c(O)c1)c1ccc(F)cc1. The molecule has 0 aliphatic rings. The lowest BCUT2D eigenvalue weighted by atomic mass is 10.1. The highest BCUT2D eigenvalue weighted by molar-refractivity contribution is 6.01. The predicted octanol–water partition coefficient (Wildman–Crippen LogP) is 2.10. The van der Waals surface area contributed by atoms with E-state index in [1.807, 2.05) is 0 Å². The molecule has 0 unspecified atom stereocenters. The van der Waals surface area contributed by atoms with E-state index in [0.29, 0.717) is 11.3 Å². The Morgan fingerprint density at radius 1 is 1.05 bits per heavy atom. The highest BCUT2D eigenvalue weighted by Gasteiger charge is 2.13. The van der Waals surface area contributed by atoms with Crippen LogP contribution in [0.4, 0.5) is 4.39 Å². The Morgan fingerprint density at radius 2 is 1.59 bits per heavy atom. The molecule has 0 spiro atoms. The van der Waals surface area contributed by atoms with Crippen molar-refractivity contribution >= 4 is 11.6 Å². The smallest absolute Gasteiger partial charge is 0.271 e. The Balaban J connectivity index is 2.15. The molecule has 0 aliphatic carbocycles. The molecule has 2 rings (SSSR count). The first-order chi connectivity index (χ1) is 10.4. The number of hydrogen-bond donors (Lipinski definition) is 4. The molecule has 7 heteroatoms. The number of phenolic OH excluding ortho intramolecular Hbond substituents is 3. The van der Waals surface area contributed by atoms with E-state index in [0.717, 1.165) is 12.1 Å². The lowest BCUT2D eigenvalue weighted by molar-refractivity contribution is 0.0954. The molecule has 4 N–H and O–H groups in total. The molecule has 0 bridgehead atoms. The molecule has 22 heavy (non-hydrogen) atoms. The third-order valence-corrected chi connectivity index (χ3v) is 2.92. The first-order valence-corrected chi connectivity index (χ1v) is 6.24. The predicted molar refractivity (Wildman–Crippen MR) is 77.5 cm³/mol. The molecule has 0 atom stereocenters. The molecule has 1 amide bonds. The van der Waals surface area contributed by atoms with E-state index in [-0.39, 0.29) is 11.4 Å². The number of rotatable bonds is 3. The summed E-state index contributed by atoms with van der Waals surface area (Å²) in [6.07, 6.45) is 0. The van der Waals surface area contributed by atoms with Crippen LogP contribution >= 0.6 is 0 Å². The molecule has 0 radical (unpaired) electrons. The number of nitrogens with one attached hydrogen (secondary N) is 1. The summed E-state index contributed by atoms with van der Waals surface area (Å²) in [5.41, 5.74) is 3.23. The van der Waals surface area contributed by atoms with Crippen LogP contribution < -0.4 is 5.43 Å². The van der Waals surface area contributed by atoms with Crippen LogP contribution in [0.3, 0.4) is 0 Å². The normalized spacial score (nSPS) is 11.3. The second kappa shape index (κ2) is 6.13. The fourth-order valence-corrected chi connectivity index (χ4v) is 1.69. The minimum Gasteiger partial charge on any atom is -0.504 e. The summed E-state index contributed by atoms with van der Waals surface area (Å²) in [7, 11) is 0. The van der Waals surface area contributed by atoms with Crippen molar-refractivity contribution in [3.63, 3.8) is 0 Å². The Hall–Kier alpha value is -3.09. The van der Waals surface area contributed by atoms with E-state index in [1.165, 1.54) is 24.3 Å². The molecule has 2 aromatic rings. The van der Waals surface area contributed by atoms with Crippen molar-refractivity contribution in [3.8, 4) is 17.2 Å². The van der Waals surface area contributed by atoms with Crippen LogP contribution in [0, 0.1) is 5.82 Å². The Kier molecular flexibility index (Phi) is 4.26. The van der Waals surface area contributed by atoms with E-state index in [4.69, 9.17) is 0 Å². The van der Waals surface area contributed by atoms with Gasteiger partial charge in [0.1, 0.15) is 5.82 Å². The van der Waals surface area contributed by atoms with Gasteiger partial charge in [0, 0.05) is 5.56 Å². The zero-order chi connectivity index (χ0) is 16.3. The molecule has 0 fully saturated rings. The number of nitrogens with zero attached hydrogens (tertiary/aromatic N) is 1. The van der Waals surface area contributed by atoms with Crippen LogP contribution in [-0.4, -0.2) is 26.9 Å². The van der Waals surface area contributed by atoms with Crippen LogP contribution in [0.2, 0.25) is 0 Å². The van der Waals surface area contributed by atoms with E-state index < -0.39 is 23.2 Å². The number of amides is 1. The van der Waals surface area contributed by atoms with Gasteiger partial charge in [-0.1, -0.05) is 12.1 Å². The summed E-state index contributed by atoms with van der Waals surface area (Å²) in [6, 6.07) is 7.55. The lowest BCUT2D eigenvalue weighted by Crippen LogP contribution is -2.19. The minimum absolute atomic E-state index is 0.0801. The van der Waals surface area contributed by atoms with E-state index in [9.17, 15) is 24.5 Å². The quantitative estimate of drug-likeness (QED) is 0.396. The number of carbonyl (C=O) groups is 1. The number of halogens is 1. The molecule has 0 saturated heterocycles. The monoisotopic (exact) mass is 304 g/mol. The van der Waals surface area contributed by atoms with Crippen LogP contribution in [-0.2, 0) is 0 Å². The fourth-order valence-electron chi connectivity index (χ4n) is 1.69. The number of phenols is 3. The minimum atomic E-state index is -0.706. The van der Waals surface area contributed by atoms with Crippen molar-refractivity contribution in [1.82, 2.24) is 5.43 Å². The van der Waals surface area contributed by atoms with Crippen molar-refractivity contribution in [1.29, 1.82) is 0 Å². The maximum absolute atomic E-state index is 12.8. The Labute approximate surface area is 125 Å². The second-order valence-electron chi connectivity index (χ2n) is 4.51. The van der Waals surface area contributed by atoms with Gasteiger partial charge in [-0.2, -0.15) is 5.10 Å². The first-order valence-electron chi connectivity index (χ1n) is 6.24. The highest BCUT2D eigenvalue weighted by atomic mass is 19.1. The number of benzene rings is 2. The highest BCUT2D eigenvalue weighted by Crippen LogP contribution is 2.35. The van der Waals surface area contributed by atoms with E-state index in [1.54, 1.807) is 6.92 Å². The molecule has 2 aromatic carbocycles. The van der Waals surface area contributed by atoms with Gasteiger partial charge in [-0.25, -0.2) is 9.82 Å². The summed E-state index contributed by atoms with van der Waals surface area (Å²) < 4.78 is 12.8. The average molecular weight is 304 g/mol. The van der Waals surface area contributed by atoms with E-state index >= 15 is 0 Å². The van der Waals surface area contributed by atoms with Crippen molar-refractivity contribution in [2.24, 2.45) is 5.10 Å². The zero-order valence-electron chi connectivity index (χ0n) is 11.5. The fraction of sp³-hybridized carbons (Fsp3) is 0.0667. The Bertz CT molecular complexity index is 719. The van der Waals surface area contributed by atoms with Crippen LogP contribution in [0.15, 0.2) is 41.5 Å². The summed E-state index contributed by atoms with van der Waals surface area (Å²) >= 11 is 0. The summed E-state index contributed by atoms with van der Waals surface area (Å²) in [4.78, 5) is 11.9. The third kappa shape index (κ3) is 3.32. The van der Waals surface area contributed by atoms with Crippen LogP contribution in [0.25, 0.3) is 0 Å². The molecule has 0 aromatic heterocycles. The maximum atomic E-state index is 12.8. The van der Waals surface area contributed by atoms with Gasteiger partial charge in [0.2, 0.25) is 0 Å². The van der Waals surface area contributed by atoms with Gasteiger partial charge in [0.05, 0.1) is 5.71 Å². The van der Waals surface area contributed by atoms with Crippen LogP contribution in [0.5, 0.6) is 17.2 Å². The maximum Gasteiger partial charge on any atom is 0.271 e. The number of hydrazone groups is 1. The Morgan fingerprint density at radius 3 is 2.14 bits per heavy atom. The number of carbonyl (C=O) groups excluding carboxylic acids is 1. The van der Waals surface area contributed by atoms with Gasteiger partial charge >= 0.3 is 0 Å². The third-order valence-electron chi connectivity index (χ3n) is 2.92. The topological polar surface area (TPSA) is 102 Å².